The first-order chi connectivity index (χ1) is 11.7. The summed E-state index contributed by atoms with van der Waals surface area (Å²) in [5.74, 6) is 1.66. The van der Waals surface area contributed by atoms with Gasteiger partial charge in [0.15, 0.2) is 4.80 Å². The molecule has 1 atom stereocenters. The van der Waals surface area contributed by atoms with Crippen molar-refractivity contribution >= 4 is 17.0 Å². The number of aromatic nitrogens is 1. The molecule has 0 amide bonds. The number of rotatable bonds is 5. The molecule has 1 heterocycles. The van der Waals surface area contributed by atoms with E-state index in [0.717, 1.165) is 28.4 Å². The molecular formula is C20H22N2OS. The molecule has 0 aliphatic carbocycles. The lowest BCUT2D eigenvalue weighted by Gasteiger charge is -2.13. The molecular weight excluding hydrogens is 316 g/mol. The molecule has 124 valence electrons. The van der Waals surface area contributed by atoms with E-state index in [1.54, 1.807) is 11.3 Å². The van der Waals surface area contributed by atoms with Crippen molar-refractivity contribution in [2.24, 2.45) is 4.99 Å². The smallest absolute Gasteiger partial charge is 0.190 e. The normalized spacial score (nSPS) is 13.0. The maximum atomic E-state index is 5.82. The standard InChI is InChI=1S/C20H22N2OS/c1-4-15(2)22-16(3)14-24-20(22)21-17-10-12-19(13-11-17)23-18-8-6-5-7-9-18/h5-15H,4H2,1-3H3. The largest absolute Gasteiger partial charge is 0.457 e. The molecule has 4 heteroatoms. The molecule has 0 N–H and O–H groups in total. The van der Waals surface area contributed by atoms with Crippen LogP contribution < -0.4 is 9.54 Å². The van der Waals surface area contributed by atoms with Crippen LogP contribution in [0.2, 0.25) is 0 Å². The van der Waals surface area contributed by atoms with Crippen molar-refractivity contribution in [1.82, 2.24) is 4.57 Å². The van der Waals surface area contributed by atoms with Crippen molar-refractivity contribution in [3.63, 3.8) is 0 Å². The van der Waals surface area contributed by atoms with Gasteiger partial charge in [-0.3, -0.25) is 0 Å². The molecule has 0 aliphatic heterocycles. The first-order valence-electron chi connectivity index (χ1n) is 8.21. The second kappa shape index (κ2) is 7.49. The summed E-state index contributed by atoms with van der Waals surface area (Å²) in [6.07, 6.45) is 1.09. The lowest BCUT2D eigenvalue weighted by Crippen LogP contribution is -2.19. The molecule has 0 saturated carbocycles. The third-order valence-corrected chi connectivity index (χ3v) is 4.95. The molecule has 0 fully saturated rings. The van der Waals surface area contributed by atoms with E-state index in [2.05, 4.69) is 30.7 Å². The zero-order valence-electron chi connectivity index (χ0n) is 14.3. The van der Waals surface area contributed by atoms with E-state index in [0.29, 0.717) is 6.04 Å². The van der Waals surface area contributed by atoms with Crippen LogP contribution in [0.15, 0.2) is 65.0 Å². The third kappa shape index (κ3) is 3.77. The minimum atomic E-state index is 0.454. The van der Waals surface area contributed by atoms with Gasteiger partial charge in [0.2, 0.25) is 0 Å². The van der Waals surface area contributed by atoms with Crippen LogP contribution in [-0.4, -0.2) is 4.57 Å². The van der Waals surface area contributed by atoms with Gasteiger partial charge >= 0.3 is 0 Å². The van der Waals surface area contributed by atoms with Gasteiger partial charge in [-0.1, -0.05) is 25.1 Å². The summed E-state index contributed by atoms with van der Waals surface area (Å²) < 4.78 is 8.13. The topological polar surface area (TPSA) is 26.5 Å². The van der Waals surface area contributed by atoms with Crippen LogP contribution in [-0.2, 0) is 0 Å². The number of thiazole rings is 1. The highest BCUT2D eigenvalue weighted by Crippen LogP contribution is 2.24. The number of nitrogens with zero attached hydrogens (tertiary/aromatic N) is 2. The number of ether oxygens (including phenoxy) is 1. The third-order valence-electron chi connectivity index (χ3n) is 3.99. The number of aryl methyl sites for hydroxylation is 1. The average Bonchev–Trinajstić information content (AvgIpc) is 2.97. The van der Waals surface area contributed by atoms with E-state index in [1.807, 2.05) is 54.6 Å². The molecule has 0 bridgehead atoms. The van der Waals surface area contributed by atoms with E-state index in [9.17, 15) is 0 Å². The Morgan fingerprint density at radius 2 is 1.71 bits per heavy atom. The van der Waals surface area contributed by atoms with Gasteiger partial charge in [0.1, 0.15) is 11.5 Å². The molecule has 0 saturated heterocycles. The Hall–Kier alpha value is -2.33. The van der Waals surface area contributed by atoms with Crippen LogP contribution in [0.4, 0.5) is 5.69 Å². The van der Waals surface area contributed by atoms with Gasteiger partial charge < -0.3 is 9.30 Å². The Bertz CT molecular complexity index is 847. The number of hydrogen-bond donors (Lipinski definition) is 0. The molecule has 0 spiro atoms. The molecule has 1 aromatic heterocycles. The van der Waals surface area contributed by atoms with E-state index in [-0.39, 0.29) is 0 Å². The second-order valence-electron chi connectivity index (χ2n) is 5.81. The monoisotopic (exact) mass is 338 g/mol. The van der Waals surface area contributed by atoms with Crippen LogP contribution in [0.1, 0.15) is 32.0 Å². The van der Waals surface area contributed by atoms with Gasteiger partial charge in [0.25, 0.3) is 0 Å². The van der Waals surface area contributed by atoms with Crippen molar-refractivity contribution < 1.29 is 4.74 Å². The Kier molecular flexibility index (Phi) is 5.16. The zero-order chi connectivity index (χ0) is 16.9. The Morgan fingerprint density at radius 3 is 2.38 bits per heavy atom. The fourth-order valence-electron chi connectivity index (χ4n) is 2.53. The van der Waals surface area contributed by atoms with E-state index >= 15 is 0 Å². The molecule has 3 rings (SSSR count). The lowest BCUT2D eigenvalue weighted by atomic mass is 10.2. The predicted molar refractivity (Wildman–Crippen MR) is 100 cm³/mol. The predicted octanol–water partition coefficient (Wildman–Crippen LogP) is 5.85. The Morgan fingerprint density at radius 1 is 1.04 bits per heavy atom. The molecule has 3 aromatic rings. The van der Waals surface area contributed by atoms with E-state index < -0.39 is 0 Å². The van der Waals surface area contributed by atoms with Crippen molar-refractivity contribution in [2.75, 3.05) is 0 Å². The van der Waals surface area contributed by atoms with Crippen LogP contribution in [0.3, 0.4) is 0 Å². The number of para-hydroxylation sites is 1. The summed E-state index contributed by atoms with van der Waals surface area (Å²) in [6, 6.07) is 18.2. The molecule has 1 unspecified atom stereocenters. The second-order valence-corrected chi connectivity index (χ2v) is 6.64. The van der Waals surface area contributed by atoms with Gasteiger partial charge in [-0.15, -0.1) is 11.3 Å². The van der Waals surface area contributed by atoms with Crippen molar-refractivity contribution in [3.8, 4) is 11.5 Å². The van der Waals surface area contributed by atoms with Gasteiger partial charge in [0.05, 0.1) is 5.69 Å². The molecule has 2 aromatic carbocycles. The minimum Gasteiger partial charge on any atom is -0.457 e. The highest BCUT2D eigenvalue weighted by Gasteiger charge is 2.07. The first-order valence-corrected chi connectivity index (χ1v) is 9.09. The Balaban J connectivity index is 1.84. The average molecular weight is 338 g/mol. The maximum Gasteiger partial charge on any atom is 0.190 e. The van der Waals surface area contributed by atoms with Crippen LogP contribution in [0.5, 0.6) is 11.5 Å². The van der Waals surface area contributed by atoms with E-state index in [1.165, 1.54) is 5.69 Å². The van der Waals surface area contributed by atoms with Gasteiger partial charge in [-0.05, 0) is 56.7 Å². The summed E-state index contributed by atoms with van der Waals surface area (Å²) in [5.41, 5.74) is 2.20. The summed E-state index contributed by atoms with van der Waals surface area (Å²) in [7, 11) is 0. The highest BCUT2D eigenvalue weighted by molar-refractivity contribution is 7.07. The fraction of sp³-hybridized carbons (Fsp3) is 0.250. The van der Waals surface area contributed by atoms with Gasteiger partial charge in [-0.2, -0.15) is 0 Å². The summed E-state index contributed by atoms with van der Waals surface area (Å²) in [4.78, 5) is 5.85. The highest BCUT2D eigenvalue weighted by atomic mass is 32.1. The summed E-state index contributed by atoms with van der Waals surface area (Å²) in [5, 5.41) is 2.16. The quantitative estimate of drug-likeness (QED) is 0.573. The molecule has 0 aliphatic rings. The van der Waals surface area contributed by atoms with Crippen molar-refractivity contribution in [3.05, 3.63) is 70.5 Å². The van der Waals surface area contributed by atoms with Crippen LogP contribution in [0.25, 0.3) is 0 Å². The summed E-state index contributed by atoms with van der Waals surface area (Å²) in [6.45, 7) is 6.57. The number of hydrogen-bond acceptors (Lipinski definition) is 3. The van der Waals surface area contributed by atoms with Gasteiger partial charge in [-0.25, -0.2) is 4.99 Å². The van der Waals surface area contributed by atoms with Crippen LogP contribution in [0, 0.1) is 6.92 Å². The Labute approximate surface area is 146 Å². The maximum absolute atomic E-state index is 5.82. The molecule has 0 radical (unpaired) electrons. The SMILES string of the molecule is CCC(C)n1c(C)csc1=Nc1ccc(Oc2ccccc2)cc1. The minimum absolute atomic E-state index is 0.454. The number of benzene rings is 2. The zero-order valence-corrected chi connectivity index (χ0v) is 15.1. The van der Waals surface area contributed by atoms with Crippen molar-refractivity contribution in [1.29, 1.82) is 0 Å². The van der Waals surface area contributed by atoms with Crippen molar-refractivity contribution in [2.45, 2.75) is 33.2 Å². The molecule has 3 nitrogen and oxygen atoms in total. The van der Waals surface area contributed by atoms with Crippen LogP contribution >= 0.6 is 11.3 Å². The van der Waals surface area contributed by atoms with Gasteiger partial charge in [0, 0.05) is 17.1 Å². The lowest BCUT2D eigenvalue weighted by molar-refractivity contribution is 0.482. The summed E-state index contributed by atoms with van der Waals surface area (Å²) >= 11 is 1.69. The fourth-order valence-corrected chi connectivity index (χ4v) is 3.51. The first kappa shape index (κ1) is 16.5. The molecule has 24 heavy (non-hydrogen) atoms. The van der Waals surface area contributed by atoms with E-state index in [4.69, 9.17) is 9.73 Å².